The number of carbonyl (C=O) groups excluding carboxylic acids is 2. The molecule has 162 valence electrons. The number of aromatic nitrogens is 1. The summed E-state index contributed by atoms with van der Waals surface area (Å²) in [5, 5.41) is 2.78. The number of benzene rings is 3. The molecule has 4 aromatic rings. The van der Waals surface area contributed by atoms with Crippen molar-refractivity contribution in [2.24, 2.45) is 0 Å². The molecule has 1 heterocycles. The number of para-hydroxylation sites is 3. The minimum Gasteiger partial charge on any atom is -0.447 e. The van der Waals surface area contributed by atoms with Gasteiger partial charge in [0.25, 0.3) is 5.91 Å². The van der Waals surface area contributed by atoms with Crippen LogP contribution < -0.4 is 11.1 Å². The molecule has 7 nitrogen and oxygen atoms in total. The molecule has 0 unspecified atom stereocenters. The molecule has 0 spiro atoms. The summed E-state index contributed by atoms with van der Waals surface area (Å²) in [6, 6.07) is 24.9. The lowest BCUT2D eigenvalue weighted by Gasteiger charge is -2.18. The number of anilines is 1. The molecule has 0 aliphatic rings. The quantitative estimate of drug-likeness (QED) is 0.421. The lowest BCUT2D eigenvalue weighted by molar-refractivity contribution is -0.154. The van der Waals surface area contributed by atoms with Crippen LogP contribution in [-0.4, -0.2) is 16.4 Å². The summed E-state index contributed by atoms with van der Waals surface area (Å²) in [4.78, 5) is 37.5. The van der Waals surface area contributed by atoms with E-state index in [2.05, 4.69) is 5.32 Å². The Morgan fingerprint density at radius 2 is 1.56 bits per heavy atom. The molecule has 0 aliphatic heterocycles. The second-order valence-corrected chi connectivity index (χ2v) is 7.23. The maximum Gasteiger partial charge on any atom is 0.419 e. The molecule has 0 bridgehead atoms. The van der Waals surface area contributed by atoms with Crippen molar-refractivity contribution in [1.82, 2.24) is 4.57 Å². The largest absolute Gasteiger partial charge is 0.447 e. The zero-order chi connectivity index (χ0) is 22.3. The van der Waals surface area contributed by atoms with Gasteiger partial charge >= 0.3 is 11.7 Å². The molecule has 0 saturated carbocycles. The third-order valence-corrected chi connectivity index (χ3v) is 4.97. The van der Waals surface area contributed by atoms with E-state index in [4.69, 9.17) is 9.15 Å². The summed E-state index contributed by atoms with van der Waals surface area (Å²) in [5.41, 5.74) is 2.36. The number of esters is 1. The Morgan fingerprint density at radius 3 is 2.31 bits per heavy atom. The molecule has 1 aromatic heterocycles. The van der Waals surface area contributed by atoms with Crippen LogP contribution in [0.1, 0.15) is 24.5 Å². The fraction of sp³-hybridized carbons (Fsp3) is 0.160. The minimum atomic E-state index is -1.08. The number of carbonyl (C=O) groups is 2. The molecular weight excluding hydrogens is 408 g/mol. The van der Waals surface area contributed by atoms with Gasteiger partial charge in [-0.2, -0.15) is 0 Å². The Balaban J connectivity index is 1.41. The predicted molar refractivity (Wildman–Crippen MR) is 120 cm³/mol. The number of hydrogen-bond donors (Lipinski definition) is 1. The van der Waals surface area contributed by atoms with Crippen molar-refractivity contribution in [3.05, 3.63) is 101 Å². The molecule has 0 saturated heterocycles. The van der Waals surface area contributed by atoms with E-state index < -0.39 is 23.7 Å². The van der Waals surface area contributed by atoms with Gasteiger partial charge in [-0.05, 0) is 30.7 Å². The van der Waals surface area contributed by atoms with E-state index in [0.717, 1.165) is 0 Å². The molecule has 0 aliphatic carbocycles. The van der Waals surface area contributed by atoms with Crippen molar-refractivity contribution in [3.63, 3.8) is 0 Å². The Hall–Kier alpha value is -4.13. The van der Waals surface area contributed by atoms with E-state index in [0.29, 0.717) is 35.3 Å². The van der Waals surface area contributed by atoms with Crippen molar-refractivity contribution >= 4 is 28.7 Å². The summed E-state index contributed by atoms with van der Waals surface area (Å²) in [5.74, 6) is -1.43. The number of oxazole rings is 1. The van der Waals surface area contributed by atoms with Gasteiger partial charge in [0.05, 0.1) is 5.52 Å². The Kier molecular flexibility index (Phi) is 6.46. The van der Waals surface area contributed by atoms with Gasteiger partial charge in [0.1, 0.15) is 0 Å². The van der Waals surface area contributed by atoms with Crippen molar-refractivity contribution in [2.75, 3.05) is 5.32 Å². The number of rotatable bonds is 8. The number of fused-ring (bicyclic) bond motifs is 1. The number of nitrogens with zero attached hydrogens (tertiary/aromatic N) is 1. The third kappa shape index (κ3) is 4.95. The maximum absolute atomic E-state index is 12.9. The summed E-state index contributed by atoms with van der Waals surface area (Å²) in [6.45, 7) is 0.303. The highest BCUT2D eigenvalue weighted by Crippen LogP contribution is 2.21. The summed E-state index contributed by atoms with van der Waals surface area (Å²) < 4.78 is 12.2. The molecule has 0 radical (unpaired) electrons. The van der Waals surface area contributed by atoms with Gasteiger partial charge in [0.2, 0.25) is 6.10 Å². The monoisotopic (exact) mass is 430 g/mol. The number of aryl methyl sites for hydroxylation is 1. The third-order valence-electron chi connectivity index (χ3n) is 4.97. The predicted octanol–water partition coefficient (Wildman–Crippen LogP) is 4.30. The van der Waals surface area contributed by atoms with Gasteiger partial charge in [-0.15, -0.1) is 0 Å². The number of nitrogens with one attached hydrogen (secondary N) is 1. The lowest BCUT2D eigenvalue weighted by Crippen LogP contribution is -2.26. The van der Waals surface area contributed by atoms with Crippen molar-refractivity contribution in [1.29, 1.82) is 0 Å². The molecular formula is C25H22N2O5. The van der Waals surface area contributed by atoms with Crippen LogP contribution in [0, 0.1) is 0 Å². The van der Waals surface area contributed by atoms with Crippen molar-refractivity contribution in [2.45, 2.75) is 25.5 Å². The van der Waals surface area contributed by atoms with Gasteiger partial charge in [0.15, 0.2) is 5.58 Å². The highest BCUT2D eigenvalue weighted by Gasteiger charge is 2.25. The Bertz CT molecular complexity index is 1260. The molecule has 3 aromatic carbocycles. The van der Waals surface area contributed by atoms with Gasteiger partial charge < -0.3 is 14.5 Å². The van der Waals surface area contributed by atoms with E-state index in [1.807, 2.05) is 18.2 Å². The standard InChI is InChI=1S/C25H22N2O5/c28-22(16-9-17-27-20-14-7-8-15-21(20)31-25(27)30)32-23(18-10-3-1-4-11-18)24(29)26-19-12-5-2-6-13-19/h1-8,10-15,23H,9,16-17H2,(H,26,29)/t23-/m0/s1. The summed E-state index contributed by atoms with van der Waals surface area (Å²) >= 11 is 0. The number of amides is 1. The highest BCUT2D eigenvalue weighted by molar-refractivity contribution is 5.96. The van der Waals surface area contributed by atoms with E-state index in [9.17, 15) is 14.4 Å². The first-order chi connectivity index (χ1) is 15.6. The molecule has 7 heteroatoms. The van der Waals surface area contributed by atoms with Crippen molar-refractivity contribution < 1.29 is 18.7 Å². The highest BCUT2D eigenvalue weighted by atomic mass is 16.5. The van der Waals surface area contributed by atoms with Gasteiger partial charge in [0, 0.05) is 24.2 Å². The lowest BCUT2D eigenvalue weighted by atomic mass is 10.1. The fourth-order valence-electron chi connectivity index (χ4n) is 3.43. The van der Waals surface area contributed by atoms with Crippen LogP contribution in [0.5, 0.6) is 0 Å². The van der Waals surface area contributed by atoms with Crippen LogP contribution in [0.2, 0.25) is 0 Å². The topological polar surface area (TPSA) is 90.5 Å². The maximum atomic E-state index is 12.9. The Labute approximate surface area is 184 Å². The van der Waals surface area contributed by atoms with E-state index in [1.54, 1.807) is 66.7 Å². The average molecular weight is 430 g/mol. The zero-order valence-electron chi connectivity index (χ0n) is 17.3. The van der Waals surface area contributed by atoms with Crippen LogP contribution in [0.25, 0.3) is 11.1 Å². The van der Waals surface area contributed by atoms with Crippen LogP contribution in [0.4, 0.5) is 5.69 Å². The summed E-state index contributed by atoms with van der Waals surface area (Å²) in [6.07, 6.45) is -0.667. The van der Waals surface area contributed by atoms with Crippen LogP contribution in [0.15, 0.2) is 94.1 Å². The molecule has 4 rings (SSSR count). The average Bonchev–Trinajstić information content (AvgIpc) is 3.14. The molecule has 1 atom stereocenters. The molecule has 1 amide bonds. The van der Waals surface area contributed by atoms with Crippen LogP contribution >= 0.6 is 0 Å². The normalized spacial score (nSPS) is 11.8. The van der Waals surface area contributed by atoms with Crippen LogP contribution in [-0.2, 0) is 20.9 Å². The summed E-state index contributed by atoms with van der Waals surface area (Å²) in [7, 11) is 0. The molecule has 32 heavy (non-hydrogen) atoms. The zero-order valence-corrected chi connectivity index (χ0v) is 17.3. The minimum absolute atomic E-state index is 0.0495. The number of ether oxygens (including phenoxy) is 1. The second-order valence-electron chi connectivity index (χ2n) is 7.23. The first-order valence-electron chi connectivity index (χ1n) is 10.3. The van der Waals surface area contributed by atoms with Crippen molar-refractivity contribution in [3.8, 4) is 0 Å². The van der Waals surface area contributed by atoms with E-state index in [1.165, 1.54) is 4.57 Å². The van der Waals surface area contributed by atoms with Gasteiger partial charge in [-0.1, -0.05) is 60.7 Å². The molecule has 1 N–H and O–H groups in total. The first kappa shape index (κ1) is 21.1. The van der Waals surface area contributed by atoms with Gasteiger partial charge in [-0.25, -0.2) is 4.79 Å². The van der Waals surface area contributed by atoms with Crippen LogP contribution in [0.3, 0.4) is 0 Å². The van der Waals surface area contributed by atoms with E-state index in [-0.39, 0.29) is 6.42 Å². The number of hydrogen-bond acceptors (Lipinski definition) is 5. The fourth-order valence-corrected chi connectivity index (χ4v) is 3.43. The Morgan fingerprint density at radius 1 is 0.906 bits per heavy atom. The van der Waals surface area contributed by atoms with Gasteiger partial charge in [-0.3, -0.25) is 14.2 Å². The molecule has 0 fully saturated rings. The SMILES string of the molecule is O=C(CCCn1c(=O)oc2ccccc21)O[C@H](C(=O)Nc1ccccc1)c1ccccc1. The van der Waals surface area contributed by atoms with E-state index >= 15 is 0 Å². The first-order valence-corrected chi connectivity index (χ1v) is 10.3. The second kappa shape index (κ2) is 9.78. The smallest absolute Gasteiger partial charge is 0.419 e.